The highest BCUT2D eigenvalue weighted by Gasteiger charge is 2.25. The molecule has 0 spiro atoms. The molecule has 3 N–H and O–H groups in total. The summed E-state index contributed by atoms with van der Waals surface area (Å²) in [6.07, 6.45) is -1.67. The van der Waals surface area contributed by atoms with Crippen molar-refractivity contribution in [1.29, 1.82) is 0 Å². The van der Waals surface area contributed by atoms with Gasteiger partial charge in [0, 0.05) is 9.13 Å². The largest absolute Gasteiger partial charge is 0.697 e. The van der Waals surface area contributed by atoms with Gasteiger partial charge < -0.3 is 5.11 Å². The van der Waals surface area contributed by atoms with E-state index in [9.17, 15) is 9.13 Å². The van der Waals surface area contributed by atoms with Gasteiger partial charge in [-0.2, -0.15) is 0 Å². The fourth-order valence-electron chi connectivity index (χ4n) is 0.262. The lowest BCUT2D eigenvalue weighted by Gasteiger charge is -1.93. The molecular formula is C2H6O7P2+2. The van der Waals surface area contributed by atoms with Crippen LogP contribution in [0.4, 0.5) is 0 Å². The molecule has 3 atom stereocenters. The standard InChI is InChI=1S/C2H4O7P2/c3-2(9-11(6)7)1-8-10(4)5/h2-3H,1H2/p+2. The summed E-state index contributed by atoms with van der Waals surface area (Å²) in [7, 11) is -5.75. The maximum absolute atomic E-state index is 9.83. The van der Waals surface area contributed by atoms with Crippen molar-refractivity contribution in [3.63, 3.8) is 0 Å². The molecule has 0 radical (unpaired) electrons. The molecule has 0 amide bonds. The Morgan fingerprint density at radius 1 is 1.27 bits per heavy atom. The molecule has 0 bridgehead atoms. The summed E-state index contributed by atoms with van der Waals surface area (Å²) >= 11 is 0. The highest BCUT2D eigenvalue weighted by atomic mass is 31.1. The first-order valence-electron chi connectivity index (χ1n) is 2.32. The zero-order valence-electron chi connectivity index (χ0n) is 5.15. The zero-order valence-corrected chi connectivity index (χ0v) is 6.94. The van der Waals surface area contributed by atoms with Crippen molar-refractivity contribution in [3.05, 3.63) is 0 Å². The lowest BCUT2D eigenvalue weighted by atomic mass is 10.7. The van der Waals surface area contributed by atoms with E-state index in [1.54, 1.807) is 0 Å². The average Bonchev–Trinajstić information content (AvgIpc) is 1.82. The van der Waals surface area contributed by atoms with E-state index >= 15 is 0 Å². The number of hydrogen-bond acceptors (Lipinski definition) is 5. The summed E-state index contributed by atoms with van der Waals surface area (Å²) in [4.78, 5) is 16.0. The summed E-state index contributed by atoms with van der Waals surface area (Å²) < 4.78 is 27.5. The minimum atomic E-state index is -2.93. The molecule has 0 rings (SSSR count). The molecule has 3 unspecified atom stereocenters. The maximum Gasteiger partial charge on any atom is 0.697 e. The Hall–Kier alpha value is -0.0000000000000000486. The maximum atomic E-state index is 9.83. The van der Waals surface area contributed by atoms with Crippen molar-refractivity contribution in [3.8, 4) is 0 Å². The summed E-state index contributed by atoms with van der Waals surface area (Å²) in [5.41, 5.74) is 0. The summed E-state index contributed by atoms with van der Waals surface area (Å²) in [6, 6.07) is 0. The van der Waals surface area contributed by atoms with E-state index in [0.29, 0.717) is 0 Å². The molecule has 7 nitrogen and oxygen atoms in total. The van der Waals surface area contributed by atoms with Crippen molar-refractivity contribution >= 4 is 16.5 Å². The molecule has 0 aliphatic heterocycles. The molecule has 0 saturated heterocycles. The van der Waals surface area contributed by atoms with Crippen LogP contribution in [0, 0.1) is 0 Å². The normalized spacial score (nSPS) is 15.9. The topological polar surface area (TPSA) is 113 Å². The predicted molar refractivity (Wildman–Crippen MR) is 32.7 cm³/mol. The van der Waals surface area contributed by atoms with Crippen LogP contribution in [0.3, 0.4) is 0 Å². The summed E-state index contributed by atoms with van der Waals surface area (Å²) in [6.45, 7) is -0.632. The third-order valence-electron chi connectivity index (χ3n) is 0.539. The number of aliphatic hydroxyl groups excluding tert-OH is 1. The van der Waals surface area contributed by atoms with Crippen LogP contribution in [0.25, 0.3) is 0 Å². The van der Waals surface area contributed by atoms with Gasteiger partial charge in [-0.05, 0) is 0 Å². The second-order valence-corrected chi connectivity index (χ2v) is 2.75. The molecule has 0 aliphatic rings. The van der Waals surface area contributed by atoms with Crippen LogP contribution in [0.2, 0.25) is 0 Å². The minimum absolute atomic E-state index is 0.632. The van der Waals surface area contributed by atoms with Crippen molar-refractivity contribution in [1.82, 2.24) is 0 Å². The SMILES string of the molecule is O=[P+](O)OCC(O)O[P+](=O)O. The zero-order chi connectivity index (χ0) is 8.85. The third kappa shape index (κ3) is 7.90. The van der Waals surface area contributed by atoms with E-state index in [1.807, 2.05) is 0 Å². The van der Waals surface area contributed by atoms with Crippen LogP contribution in [0.1, 0.15) is 0 Å². The Balaban J connectivity index is 3.44. The molecule has 11 heavy (non-hydrogen) atoms. The van der Waals surface area contributed by atoms with Gasteiger partial charge in [0.2, 0.25) is 6.29 Å². The highest BCUT2D eigenvalue weighted by molar-refractivity contribution is 7.32. The van der Waals surface area contributed by atoms with Gasteiger partial charge in [-0.1, -0.05) is 4.52 Å². The van der Waals surface area contributed by atoms with E-state index < -0.39 is 29.4 Å². The van der Waals surface area contributed by atoms with Gasteiger partial charge in [0.1, 0.15) is 0 Å². The van der Waals surface area contributed by atoms with Gasteiger partial charge >= 0.3 is 16.5 Å². The van der Waals surface area contributed by atoms with E-state index in [-0.39, 0.29) is 0 Å². The van der Waals surface area contributed by atoms with Gasteiger partial charge in [-0.3, -0.25) is 0 Å². The molecule has 0 heterocycles. The molecule has 0 saturated carbocycles. The van der Waals surface area contributed by atoms with E-state index in [0.717, 1.165) is 0 Å². The molecular weight excluding hydrogens is 198 g/mol. The first kappa shape index (κ1) is 11.0. The van der Waals surface area contributed by atoms with Gasteiger partial charge in [-0.25, -0.2) is 0 Å². The fraction of sp³-hybridized carbons (Fsp3) is 1.00. The van der Waals surface area contributed by atoms with Crippen LogP contribution in [0.15, 0.2) is 0 Å². The summed E-state index contributed by atoms with van der Waals surface area (Å²) in [5, 5.41) is 8.54. The Kier molecular flexibility index (Phi) is 5.62. The molecule has 9 heteroatoms. The van der Waals surface area contributed by atoms with E-state index in [2.05, 4.69) is 9.05 Å². The van der Waals surface area contributed by atoms with Crippen molar-refractivity contribution < 1.29 is 33.1 Å². The smallest absolute Gasteiger partial charge is 0.362 e. The first-order chi connectivity index (χ1) is 5.02. The highest BCUT2D eigenvalue weighted by Crippen LogP contribution is 2.20. The quantitative estimate of drug-likeness (QED) is 0.413. The Bertz CT molecular complexity index is 157. The van der Waals surface area contributed by atoms with Gasteiger partial charge in [0.25, 0.3) is 0 Å². The Morgan fingerprint density at radius 2 is 1.82 bits per heavy atom. The minimum Gasteiger partial charge on any atom is -0.362 e. The molecule has 64 valence electrons. The molecule has 0 aliphatic carbocycles. The van der Waals surface area contributed by atoms with Crippen LogP contribution < -0.4 is 0 Å². The number of rotatable bonds is 5. The molecule has 0 aromatic heterocycles. The third-order valence-corrected chi connectivity index (χ3v) is 1.33. The number of aliphatic hydroxyl groups is 1. The van der Waals surface area contributed by atoms with Crippen LogP contribution in [-0.2, 0) is 18.2 Å². The average molecular weight is 204 g/mol. The molecule has 0 aromatic carbocycles. The van der Waals surface area contributed by atoms with Gasteiger partial charge in [-0.15, -0.1) is 14.3 Å². The van der Waals surface area contributed by atoms with Crippen molar-refractivity contribution in [2.75, 3.05) is 6.61 Å². The van der Waals surface area contributed by atoms with Crippen LogP contribution >= 0.6 is 16.5 Å². The lowest BCUT2D eigenvalue weighted by molar-refractivity contribution is -0.0493. The second kappa shape index (κ2) is 5.62. The Morgan fingerprint density at radius 3 is 2.18 bits per heavy atom. The van der Waals surface area contributed by atoms with Gasteiger partial charge in [0.05, 0.1) is 0 Å². The van der Waals surface area contributed by atoms with E-state index in [4.69, 9.17) is 14.9 Å². The second-order valence-electron chi connectivity index (χ2n) is 1.33. The van der Waals surface area contributed by atoms with Gasteiger partial charge in [0.15, 0.2) is 6.61 Å². The predicted octanol–water partition coefficient (Wildman–Crippen LogP) is -0.363. The van der Waals surface area contributed by atoms with Crippen molar-refractivity contribution in [2.45, 2.75) is 6.29 Å². The fourth-order valence-corrected chi connectivity index (χ4v) is 0.786. The van der Waals surface area contributed by atoms with Crippen LogP contribution in [0.5, 0.6) is 0 Å². The Labute approximate surface area is 63.5 Å². The lowest BCUT2D eigenvalue weighted by Crippen LogP contribution is -2.13. The monoisotopic (exact) mass is 204 g/mol. The molecule has 0 fully saturated rings. The number of hydrogen-bond donors (Lipinski definition) is 3. The van der Waals surface area contributed by atoms with E-state index in [1.165, 1.54) is 0 Å². The van der Waals surface area contributed by atoms with Crippen LogP contribution in [-0.4, -0.2) is 27.8 Å². The first-order valence-corrected chi connectivity index (χ1v) is 4.58. The summed E-state index contributed by atoms with van der Waals surface area (Å²) in [5.74, 6) is 0. The molecule has 0 aromatic rings. The van der Waals surface area contributed by atoms with Crippen molar-refractivity contribution in [2.24, 2.45) is 0 Å².